The van der Waals surface area contributed by atoms with Crippen molar-refractivity contribution in [1.82, 2.24) is 0 Å². The van der Waals surface area contributed by atoms with E-state index in [1.807, 2.05) is 6.92 Å². The van der Waals surface area contributed by atoms with E-state index in [0.717, 1.165) is 12.5 Å². The summed E-state index contributed by atoms with van der Waals surface area (Å²) in [6.07, 6.45) is 5.11. The van der Waals surface area contributed by atoms with Crippen LogP contribution in [0, 0.1) is 0 Å². The number of hydrogen-bond donors (Lipinski definition) is 0. The summed E-state index contributed by atoms with van der Waals surface area (Å²) < 4.78 is 4.49. The molecule has 0 aliphatic rings. The zero-order chi connectivity index (χ0) is 7.11. The maximum Gasteiger partial charge on any atom is 0.334 e. The van der Waals surface area contributed by atoms with Gasteiger partial charge in [0.05, 0.1) is 6.26 Å². The first-order valence-corrected chi connectivity index (χ1v) is 2.79. The van der Waals surface area contributed by atoms with Crippen molar-refractivity contribution < 1.29 is 9.53 Å². The van der Waals surface area contributed by atoms with Crippen LogP contribution in [-0.4, -0.2) is 5.97 Å². The van der Waals surface area contributed by atoms with E-state index in [2.05, 4.69) is 11.3 Å². The molecule has 0 rings (SSSR count). The normalized spacial score (nSPS) is 9.44. The third kappa shape index (κ3) is 4.81. The summed E-state index contributed by atoms with van der Waals surface area (Å²) in [5, 5.41) is 0. The van der Waals surface area contributed by atoms with E-state index in [4.69, 9.17) is 0 Å². The van der Waals surface area contributed by atoms with Gasteiger partial charge < -0.3 is 4.74 Å². The Balaban J connectivity index is 3.37. The Bertz CT molecular complexity index is 125. The molecule has 0 unspecified atom stereocenters. The Morgan fingerprint density at radius 1 is 1.78 bits per heavy atom. The van der Waals surface area contributed by atoms with Gasteiger partial charge in [-0.2, -0.15) is 0 Å². The van der Waals surface area contributed by atoms with Gasteiger partial charge in [-0.15, -0.1) is 0 Å². The van der Waals surface area contributed by atoms with E-state index in [1.165, 1.54) is 6.26 Å². The van der Waals surface area contributed by atoms with Crippen molar-refractivity contribution in [2.24, 2.45) is 0 Å². The van der Waals surface area contributed by atoms with Crippen LogP contribution < -0.4 is 0 Å². The molecule has 0 atom stereocenters. The molecule has 0 spiro atoms. The summed E-state index contributed by atoms with van der Waals surface area (Å²) in [5.41, 5.74) is 0. The van der Waals surface area contributed by atoms with E-state index in [-0.39, 0.29) is 0 Å². The second-order valence-corrected chi connectivity index (χ2v) is 1.42. The zero-order valence-electron chi connectivity index (χ0n) is 5.46. The summed E-state index contributed by atoms with van der Waals surface area (Å²) in [7, 11) is 0. The van der Waals surface area contributed by atoms with Crippen molar-refractivity contribution in [3.8, 4) is 0 Å². The number of carbonyl (C=O) groups excluding carboxylic acids is 1. The molecule has 0 N–H and O–H groups in total. The molecule has 0 aromatic heterocycles. The maximum atomic E-state index is 10.3. The van der Waals surface area contributed by atoms with E-state index in [1.54, 1.807) is 6.08 Å². The van der Waals surface area contributed by atoms with Gasteiger partial charge >= 0.3 is 5.97 Å². The van der Waals surface area contributed by atoms with Gasteiger partial charge in [-0.1, -0.05) is 13.5 Å². The van der Waals surface area contributed by atoms with Crippen molar-refractivity contribution in [3.63, 3.8) is 0 Å². The molecular weight excluding hydrogens is 116 g/mol. The Labute approximate surface area is 54.8 Å². The number of allylic oxidation sites excluding steroid dienone is 1. The van der Waals surface area contributed by atoms with E-state index in [0.29, 0.717) is 0 Å². The highest BCUT2D eigenvalue weighted by atomic mass is 16.5. The van der Waals surface area contributed by atoms with Crippen LogP contribution in [0.5, 0.6) is 0 Å². The minimum Gasteiger partial charge on any atom is -0.432 e. The standard InChI is InChI=1S/C7H10O2/c1-3-5-6-9-7(8)4-2/h4-6H,2-3H2,1H3. The predicted molar refractivity (Wildman–Crippen MR) is 35.7 cm³/mol. The van der Waals surface area contributed by atoms with Crippen LogP contribution in [0.2, 0.25) is 0 Å². The molecule has 0 heterocycles. The topological polar surface area (TPSA) is 26.3 Å². The van der Waals surface area contributed by atoms with Crippen LogP contribution >= 0.6 is 0 Å². The minimum atomic E-state index is -0.417. The SMILES string of the molecule is C=CC(=O)OC=CCC. The summed E-state index contributed by atoms with van der Waals surface area (Å²) in [6.45, 7) is 5.19. The largest absolute Gasteiger partial charge is 0.432 e. The molecule has 0 bridgehead atoms. The third-order valence-corrected chi connectivity index (χ3v) is 0.683. The van der Waals surface area contributed by atoms with Crippen LogP contribution in [0.25, 0.3) is 0 Å². The Kier molecular flexibility index (Phi) is 4.50. The molecule has 2 heteroatoms. The molecule has 2 nitrogen and oxygen atoms in total. The van der Waals surface area contributed by atoms with Crippen molar-refractivity contribution in [2.45, 2.75) is 13.3 Å². The molecule has 0 aromatic carbocycles. The lowest BCUT2D eigenvalue weighted by Crippen LogP contribution is -1.91. The number of ether oxygens (including phenoxy) is 1. The quantitative estimate of drug-likeness (QED) is 0.326. The van der Waals surface area contributed by atoms with Gasteiger partial charge in [0, 0.05) is 6.08 Å². The smallest absolute Gasteiger partial charge is 0.334 e. The minimum absolute atomic E-state index is 0.417. The molecule has 0 fully saturated rings. The zero-order valence-corrected chi connectivity index (χ0v) is 5.46. The van der Waals surface area contributed by atoms with Crippen LogP contribution in [0.3, 0.4) is 0 Å². The van der Waals surface area contributed by atoms with Crippen LogP contribution in [0.4, 0.5) is 0 Å². The number of esters is 1. The number of rotatable bonds is 3. The maximum absolute atomic E-state index is 10.3. The predicted octanol–water partition coefficient (Wildman–Crippen LogP) is 1.64. The first kappa shape index (κ1) is 7.95. The average molecular weight is 126 g/mol. The summed E-state index contributed by atoms with van der Waals surface area (Å²) in [4.78, 5) is 10.3. The Hall–Kier alpha value is -1.05. The second kappa shape index (κ2) is 5.09. The molecule has 0 saturated heterocycles. The Morgan fingerprint density at radius 2 is 2.44 bits per heavy atom. The van der Waals surface area contributed by atoms with E-state index < -0.39 is 5.97 Å². The molecule has 0 amide bonds. The molecule has 50 valence electrons. The van der Waals surface area contributed by atoms with Gasteiger partial charge in [-0.05, 0) is 12.5 Å². The molecule has 0 aromatic rings. The van der Waals surface area contributed by atoms with Crippen LogP contribution in [0.15, 0.2) is 25.0 Å². The lowest BCUT2D eigenvalue weighted by molar-refractivity contribution is -0.132. The van der Waals surface area contributed by atoms with Gasteiger partial charge in [0.2, 0.25) is 0 Å². The van der Waals surface area contributed by atoms with Gasteiger partial charge in [-0.3, -0.25) is 0 Å². The fraction of sp³-hybridized carbons (Fsp3) is 0.286. The van der Waals surface area contributed by atoms with Gasteiger partial charge in [0.1, 0.15) is 0 Å². The fourth-order valence-corrected chi connectivity index (χ4v) is 0.260. The highest BCUT2D eigenvalue weighted by Crippen LogP contribution is 1.83. The van der Waals surface area contributed by atoms with Crippen molar-refractivity contribution in [2.75, 3.05) is 0 Å². The number of hydrogen-bond acceptors (Lipinski definition) is 2. The Morgan fingerprint density at radius 3 is 2.89 bits per heavy atom. The fourth-order valence-electron chi connectivity index (χ4n) is 0.260. The van der Waals surface area contributed by atoms with Crippen LogP contribution in [0.1, 0.15) is 13.3 Å². The monoisotopic (exact) mass is 126 g/mol. The lowest BCUT2D eigenvalue weighted by Gasteiger charge is -1.88. The summed E-state index contributed by atoms with van der Waals surface area (Å²) in [6, 6.07) is 0. The molecule has 9 heavy (non-hydrogen) atoms. The average Bonchev–Trinajstić information content (AvgIpc) is 1.89. The molecule has 0 aliphatic carbocycles. The highest BCUT2D eigenvalue weighted by Gasteiger charge is 1.86. The molecular formula is C7H10O2. The summed E-state index contributed by atoms with van der Waals surface area (Å²) in [5.74, 6) is -0.417. The van der Waals surface area contributed by atoms with Gasteiger partial charge in [0.15, 0.2) is 0 Å². The molecule has 0 saturated carbocycles. The number of carbonyl (C=O) groups is 1. The summed E-state index contributed by atoms with van der Waals surface area (Å²) >= 11 is 0. The first-order valence-electron chi connectivity index (χ1n) is 2.79. The molecule has 0 radical (unpaired) electrons. The van der Waals surface area contributed by atoms with Gasteiger partial charge in [-0.25, -0.2) is 4.79 Å². The van der Waals surface area contributed by atoms with Crippen LogP contribution in [-0.2, 0) is 9.53 Å². The van der Waals surface area contributed by atoms with Crippen molar-refractivity contribution in [3.05, 3.63) is 25.0 Å². The van der Waals surface area contributed by atoms with Gasteiger partial charge in [0.25, 0.3) is 0 Å². The molecule has 0 aliphatic heterocycles. The van der Waals surface area contributed by atoms with Crippen molar-refractivity contribution >= 4 is 5.97 Å². The second-order valence-electron chi connectivity index (χ2n) is 1.42. The van der Waals surface area contributed by atoms with E-state index in [9.17, 15) is 4.79 Å². The highest BCUT2D eigenvalue weighted by molar-refractivity contribution is 5.81. The van der Waals surface area contributed by atoms with Crippen molar-refractivity contribution in [1.29, 1.82) is 0 Å². The lowest BCUT2D eigenvalue weighted by atomic mass is 10.5. The first-order chi connectivity index (χ1) is 4.31. The van der Waals surface area contributed by atoms with E-state index >= 15 is 0 Å². The third-order valence-electron chi connectivity index (χ3n) is 0.683.